The summed E-state index contributed by atoms with van der Waals surface area (Å²) in [5.74, 6) is 0.714. The Bertz CT molecular complexity index is 1200. The van der Waals surface area contributed by atoms with Gasteiger partial charge in [-0.15, -0.1) is 0 Å². The number of aryl methyl sites for hydroxylation is 2. The summed E-state index contributed by atoms with van der Waals surface area (Å²) in [6.45, 7) is 3.32. The average molecular weight is 598 g/mol. The third-order valence-electron chi connectivity index (χ3n) is 7.18. The first-order chi connectivity index (χ1) is 21.0. The molecule has 0 spiro atoms. The summed E-state index contributed by atoms with van der Waals surface area (Å²) in [6, 6.07) is 6.93. The Kier molecular flexibility index (Phi) is 14.5. The van der Waals surface area contributed by atoms with Crippen LogP contribution in [0.15, 0.2) is 35.6 Å². The highest BCUT2D eigenvalue weighted by Gasteiger charge is 2.30. The number of carbonyl (C=O) groups is 2. The van der Waals surface area contributed by atoms with Crippen LogP contribution < -0.4 is 10.1 Å². The number of nitrogens with one attached hydrogen (secondary N) is 1. The Labute approximate surface area is 252 Å². The third-order valence-corrected chi connectivity index (χ3v) is 7.18. The molecule has 0 saturated carbocycles. The maximum atomic E-state index is 13.7. The number of nitrogens with zero attached hydrogens (tertiary/aromatic N) is 6. The second kappa shape index (κ2) is 18.6. The van der Waals surface area contributed by atoms with Crippen LogP contribution in [0.5, 0.6) is 5.88 Å². The molecule has 0 aromatic carbocycles. The van der Waals surface area contributed by atoms with Gasteiger partial charge in [0.1, 0.15) is 5.82 Å². The highest BCUT2D eigenvalue weighted by Crippen LogP contribution is 2.28. The van der Waals surface area contributed by atoms with Gasteiger partial charge in [0.15, 0.2) is 0 Å². The van der Waals surface area contributed by atoms with Gasteiger partial charge < -0.3 is 29.5 Å². The second-order valence-corrected chi connectivity index (χ2v) is 10.2. The molecule has 13 nitrogen and oxygen atoms in total. The van der Waals surface area contributed by atoms with Gasteiger partial charge in [-0.1, -0.05) is 17.2 Å². The summed E-state index contributed by atoms with van der Waals surface area (Å²) in [4.78, 5) is 39.8. The predicted octanol–water partition coefficient (Wildman–Crippen LogP) is 4.16. The van der Waals surface area contributed by atoms with Crippen molar-refractivity contribution in [2.75, 3.05) is 51.9 Å². The Balaban J connectivity index is 1.71. The summed E-state index contributed by atoms with van der Waals surface area (Å²) >= 11 is 0. The smallest absolute Gasteiger partial charge is 0.308 e. The fourth-order valence-corrected chi connectivity index (χ4v) is 4.88. The van der Waals surface area contributed by atoms with Gasteiger partial charge in [0.25, 0.3) is 0 Å². The van der Waals surface area contributed by atoms with Gasteiger partial charge in [-0.3, -0.25) is 9.59 Å². The molecule has 234 valence electrons. The van der Waals surface area contributed by atoms with Crippen LogP contribution in [0.1, 0.15) is 68.3 Å². The van der Waals surface area contributed by atoms with Gasteiger partial charge >= 0.3 is 5.97 Å². The van der Waals surface area contributed by atoms with E-state index >= 15 is 0 Å². The third kappa shape index (κ3) is 11.0. The number of hydrogen-bond donors (Lipinski definition) is 2. The number of carbonyl (C=O) groups excluding carboxylic acids is 2. The van der Waals surface area contributed by atoms with E-state index < -0.39 is 18.1 Å². The average Bonchev–Trinajstić information content (AvgIpc) is 3.03. The number of hydrogen-bond acceptors (Lipinski definition) is 10. The monoisotopic (exact) mass is 597 g/mol. The summed E-state index contributed by atoms with van der Waals surface area (Å²) in [6.07, 6.45) is 5.95. The molecule has 0 saturated heterocycles. The molecule has 1 aliphatic heterocycles. The number of amides is 1. The number of aliphatic hydroxyl groups excluding tert-OH is 1. The van der Waals surface area contributed by atoms with Crippen LogP contribution in [0.2, 0.25) is 0 Å². The minimum Gasteiger partial charge on any atom is -0.478 e. The summed E-state index contributed by atoms with van der Waals surface area (Å²) in [5, 5.41) is 16.7. The molecule has 0 bridgehead atoms. The van der Waals surface area contributed by atoms with Crippen molar-refractivity contribution < 1.29 is 28.9 Å². The molecule has 3 rings (SSSR count). The number of azide groups is 1. The number of esters is 1. The molecule has 0 aliphatic carbocycles. The van der Waals surface area contributed by atoms with Crippen molar-refractivity contribution in [1.82, 2.24) is 14.9 Å². The van der Waals surface area contributed by atoms with E-state index in [9.17, 15) is 14.7 Å². The van der Waals surface area contributed by atoms with E-state index in [-0.39, 0.29) is 38.5 Å². The maximum absolute atomic E-state index is 13.7. The molecule has 13 heteroatoms. The van der Waals surface area contributed by atoms with Crippen molar-refractivity contribution in [2.24, 2.45) is 5.11 Å². The van der Waals surface area contributed by atoms with E-state index in [1.807, 2.05) is 0 Å². The van der Waals surface area contributed by atoms with Crippen LogP contribution >= 0.6 is 0 Å². The first-order valence-electron chi connectivity index (χ1n) is 14.9. The lowest BCUT2D eigenvalue weighted by atomic mass is 10.0. The van der Waals surface area contributed by atoms with Crippen LogP contribution in [-0.2, 0) is 31.9 Å². The van der Waals surface area contributed by atoms with Crippen molar-refractivity contribution in [1.29, 1.82) is 0 Å². The molecule has 0 fully saturated rings. The lowest BCUT2D eigenvalue weighted by Gasteiger charge is -2.34. The standard InChI is InChI=1S/C30H43N7O6/c1-3-42-29(40)18-26(23-12-14-27(33-19-23)43-17-7-16-34-36-31)37(20-25(21-38)41-2)28(39)10-5-4-9-24-13-11-22-8-6-15-32-30(22)35-24/h11-14,19,25-26,38H,3-10,15-18,20-21H2,1-2H3,(H,32,35)/t25?,26-/m0/s1. The second-order valence-electron chi connectivity index (χ2n) is 10.2. The molecular formula is C30H43N7O6. The quantitative estimate of drug-likeness (QED) is 0.0793. The molecule has 0 radical (unpaired) electrons. The lowest BCUT2D eigenvalue weighted by molar-refractivity contribution is -0.147. The zero-order valence-corrected chi connectivity index (χ0v) is 25.1. The topological polar surface area (TPSA) is 172 Å². The SMILES string of the molecule is CCOC(=O)C[C@@H](c1ccc(OCCCN=[N+]=[N-])nc1)N(CC(CO)OC)C(=O)CCCCc1ccc2c(n1)NCCC2. The van der Waals surface area contributed by atoms with E-state index in [4.69, 9.17) is 24.7 Å². The number of fused-ring (bicyclic) bond motifs is 1. The van der Waals surface area contributed by atoms with E-state index in [1.54, 1.807) is 30.2 Å². The Hall–Kier alpha value is -3.93. The highest BCUT2D eigenvalue weighted by molar-refractivity contribution is 5.78. The number of rotatable bonds is 19. The normalized spacial score (nSPS) is 13.6. The number of anilines is 1. The predicted molar refractivity (Wildman–Crippen MR) is 161 cm³/mol. The molecule has 1 aliphatic rings. The minimum atomic E-state index is -0.685. The first-order valence-corrected chi connectivity index (χ1v) is 14.9. The number of pyridine rings is 2. The molecule has 2 aromatic heterocycles. The molecule has 2 N–H and O–H groups in total. The first kappa shape index (κ1) is 33.6. The van der Waals surface area contributed by atoms with Crippen molar-refractivity contribution >= 4 is 17.7 Å². The lowest BCUT2D eigenvalue weighted by Crippen LogP contribution is -2.43. The number of unbranched alkanes of at least 4 members (excludes halogenated alkanes) is 1. The summed E-state index contributed by atoms with van der Waals surface area (Å²) < 4.78 is 16.2. The van der Waals surface area contributed by atoms with E-state index in [2.05, 4.69) is 32.5 Å². The van der Waals surface area contributed by atoms with E-state index in [1.165, 1.54) is 12.7 Å². The zero-order valence-electron chi connectivity index (χ0n) is 25.1. The van der Waals surface area contributed by atoms with Gasteiger partial charge in [-0.25, -0.2) is 9.97 Å². The molecule has 1 amide bonds. The van der Waals surface area contributed by atoms with Crippen LogP contribution in [-0.4, -0.2) is 84.5 Å². The van der Waals surface area contributed by atoms with Crippen molar-refractivity contribution in [3.05, 3.63) is 57.7 Å². The fourth-order valence-electron chi connectivity index (χ4n) is 4.88. The molecule has 1 unspecified atom stereocenters. The molecule has 43 heavy (non-hydrogen) atoms. The van der Waals surface area contributed by atoms with Gasteiger partial charge in [0, 0.05) is 56.0 Å². The number of aromatic nitrogens is 2. The Morgan fingerprint density at radius 3 is 2.81 bits per heavy atom. The van der Waals surface area contributed by atoms with Crippen LogP contribution in [0.4, 0.5) is 5.82 Å². The van der Waals surface area contributed by atoms with Crippen LogP contribution in [0.3, 0.4) is 0 Å². The highest BCUT2D eigenvalue weighted by atomic mass is 16.5. The number of aliphatic hydroxyl groups is 1. The zero-order chi connectivity index (χ0) is 30.9. The van der Waals surface area contributed by atoms with Gasteiger partial charge in [-0.05, 0) is 68.2 Å². The maximum Gasteiger partial charge on any atom is 0.308 e. The van der Waals surface area contributed by atoms with Crippen LogP contribution in [0.25, 0.3) is 10.4 Å². The largest absolute Gasteiger partial charge is 0.478 e. The van der Waals surface area contributed by atoms with E-state index in [0.717, 1.165) is 43.7 Å². The van der Waals surface area contributed by atoms with Crippen molar-refractivity contribution in [3.63, 3.8) is 0 Å². The Morgan fingerprint density at radius 1 is 1.23 bits per heavy atom. The summed E-state index contributed by atoms with van der Waals surface area (Å²) in [5.41, 5.74) is 11.2. The fraction of sp³-hybridized carbons (Fsp3) is 0.600. The summed E-state index contributed by atoms with van der Waals surface area (Å²) in [7, 11) is 1.47. The van der Waals surface area contributed by atoms with Gasteiger partial charge in [0.05, 0.1) is 38.4 Å². The molecular weight excluding hydrogens is 554 g/mol. The Morgan fingerprint density at radius 2 is 2.09 bits per heavy atom. The number of methoxy groups -OCH3 is 1. The van der Waals surface area contributed by atoms with Gasteiger partial charge in [0.2, 0.25) is 11.8 Å². The number of ether oxygens (including phenoxy) is 3. The van der Waals surface area contributed by atoms with E-state index in [0.29, 0.717) is 37.4 Å². The molecule has 2 aromatic rings. The van der Waals surface area contributed by atoms with Crippen molar-refractivity contribution in [3.8, 4) is 5.88 Å². The van der Waals surface area contributed by atoms with Gasteiger partial charge in [-0.2, -0.15) is 0 Å². The van der Waals surface area contributed by atoms with Crippen LogP contribution in [0, 0.1) is 0 Å². The van der Waals surface area contributed by atoms with Crippen molar-refractivity contribution in [2.45, 2.75) is 70.4 Å². The molecule has 2 atom stereocenters. The minimum absolute atomic E-state index is 0.0818. The molecule has 3 heterocycles.